The standard InChI is InChI=1S/C9H11BO2/c1-8-4-2-3-5-9(8)6-7-10(11)12/h2-7,11-12H,1H3/b7-6-. The van der Waals surface area contributed by atoms with Crippen molar-refractivity contribution < 1.29 is 10.0 Å². The molecule has 0 amide bonds. The van der Waals surface area contributed by atoms with Gasteiger partial charge in [-0.25, -0.2) is 0 Å². The third-order valence-electron chi connectivity index (χ3n) is 1.64. The predicted molar refractivity (Wildman–Crippen MR) is 50.4 cm³/mol. The second kappa shape index (κ2) is 4.09. The van der Waals surface area contributed by atoms with Gasteiger partial charge in [0.15, 0.2) is 0 Å². The summed E-state index contributed by atoms with van der Waals surface area (Å²) in [5, 5.41) is 17.1. The SMILES string of the molecule is Cc1ccccc1/C=C\B(O)O. The third-order valence-corrected chi connectivity index (χ3v) is 1.64. The predicted octanol–water partition coefficient (Wildman–Crippen LogP) is 1.02. The summed E-state index contributed by atoms with van der Waals surface area (Å²) >= 11 is 0. The van der Waals surface area contributed by atoms with Gasteiger partial charge in [0.1, 0.15) is 0 Å². The molecule has 12 heavy (non-hydrogen) atoms. The van der Waals surface area contributed by atoms with Crippen LogP contribution in [0.15, 0.2) is 30.2 Å². The van der Waals surface area contributed by atoms with Gasteiger partial charge in [0.25, 0.3) is 0 Å². The third kappa shape index (κ3) is 2.53. The first-order valence-electron chi connectivity index (χ1n) is 3.80. The summed E-state index contributed by atoms with van der Waals surface area (Å²) in [6, 6.07) is 7.76. The lowest BCUT2D eigenvalue weighted by Gasteiger charge is -1.97. The highest BCUT2D eigenvalue weighted by atomic mass is 16.4. The fourth-order valence-electron chi connectivity index (χ4n) is 0.964. The number of hydrogen-bond donors (Lipinski definition) is 2. The van der Waals surface area contributed by atoms with Crippen LogP contribution in [0, 0.1) is 6.92 Å². The van der Waals surface area contributed by atoms with Crippen molar-refractivity contribution in [2.24, 2.45) is 0 Å². The van der Waals surface area contributed by atoms with Gasteiger partial charge in [-0.1, -0.05) is 36.3 Å². The zero-order valence-corrected chi connectivity index (χ0v) is 6.94. The van der Waals surface area contributed by atoms with E-state index < -0.39 is 7.12 Å². The lowest BCUT2D eigenvalue weighted by molar-refractivity contribution is 0.424. The highest BCUT2D eigenvalue weighted by Crippen LogP contribution is 2.08. The summed E-state index contributed by atoms with van der Waals surface area (Å²) in [6.45, 7) is 1.98. The van der Waals surface area contributed by atoms with E-state index in [0.29, 0.717) is 0 Å². The van der Waals surface area contributed by atoms with Crippen molar-refractivity contribution in [3.8, 4) is 0 Å². The lowest BCUT2D eigenvalue weighted by atomic mass is 9.90. The molecule has 0 atom stereocenters. The average Bonchev–Trinajstić information content (AvgIpc) is 2.03. The highest BCUT2D eigenvalue weighted by molar-refractivity contribution is 6.48. The summed E-state index contributed by atoms with van der Waals surface area (Å²) in [7, 11) is -1.37. The molecule has 0 fully saturated rings. The number of rotatable bonds is 2. The Morgan fingerprint density at radius 2 is 1.92 bits per heavy atom. The largest absolute Gasteiger partial charge is 0.480 e. The fraction of sp³-hybridized carbons (Fsp3) is 0.111. The van der Waals surface area contributed by atoms with Crippen LogP contribution >= 0.6 is 0 Å². The summed E-state index contributed by atoms with van der Waals surface area (Å²) < 4.78 is 0. The van der Waals surface area contributed by atoms with Crippen molar-refractivity contribution in [3.63, 3.8) is 0 Å². The van der Waals surface area contributed by atoms with Crippen molar-refractivity contribution in [1.82, 2.24) is 0 Å². The van der Waals surface area contributed by atoms with Gasteiger partial charge in [-0.2, -0.15) is 0 Å². The molecule has 2 nitrogen and oxygen atoms in total. The van der Waals surface area contributed by atoms with Crippen LogP contribution in [0.25, 0.3) is 6.08 Å². The minimum absolute atomic E-state index is 1.01. The van der Waals surface area contributed by atoms with Crippen LogP contribution in [-0.2, 0) is 0 Å². The Bertz CT molecular complexity index is 282. The molecule has 0 saturated heterocycles. The first-order valence-corrected chi connectivity index (χ1v) is 3.80. The molecule has 0 aliphatic heterocycles. The number of aryl methyl sites for hydroxylation is 1. The van der Waals surface area contributed by atoms with Crippen LogP contribution in [0.2, 0.25) is 0 Å². The Kier molecular flexibility index (Phi) is 3.08. The van der Waals surface area contributed by atoms with E-state index in [1.807, 2.05) is 31.2 Å². The van der Waals surface area contributed by atoms with Gasteiger partial charge in [-0.15, -0.1) is 0 Å². The first kappa shape index (κ1) is 9.04. The van der Waals surface area contributed by atoms with Crippen LogP contribution in [0.1, 0.15) is 11.1 Å². The lowest BCUT2D eigenvalue weighted by Crippen LogP contribution is -2.05. The molecule has 0 radical (unpaired) electrons. The van der Waals surface area contributed by atoms with Crippen molar-refractivity contribution in [2.45, 2.75) is 6.92 Å². The van der Waals surface area contributed by atoms with E-state index in [9.17, 15) is 0 Å². The maximum atomic E-state index is 8.57. The monoisotopic (exact) mass is 162 g/mol. The first-order chi connectivity index (χ1) is 5.70. The smallest absolute Gasteiger partial charge is 0.424 e. The molecule has 0 bridgehead atoms. The van der Waals surface area contributed by atoms with Crippen molar-refractivity contribution in [1.29, 1.82) is 0 Å². The van der Waals surface area contributed by atoms with E-state index in [-0.39, 0.29) is 0 Å². The minimum atomic E-state index is -1.37. The van der Waals surface area contributed by atoms with Gasteiger partial charge < -0.3 is 10.0 Å². The molecule has 0 saturated carbocycles. The molecular formula is C9H11BO2. The van der Waals surface area contributed by atoms with Gasteiger partial charge in [0.05, 0.1) is 0 Å². The number of hydrogen-bond acceptors (Lipinski definition) is 2. The number of benzene rings is 1. The highest BCUT2D eigenvalue weighted by Gasteiger charge is 1.98. The van der Waals surface area contributed by atoms with Crippen molar-refractivity contribution in [3.05, 3.63) is 41.4 Å². The Balaban J connectivity index is 2.82. The molecule has 2 N–H and O–H groups in total. The zero-order chi connectivity index (χ0) is 8.97. The maximum absolute atomic E-state index is 8.57. The minimum Gasteiger partial charge on any atom is -0.424 e. The zero-order valence-electron chi connectivity index (χ0n) is 6.94. The quantitative estimate of drug-likeness (QED) is 0.637. The van der Waals surface area contributed by atoms with E-state index in [2.05, 4.69) is 0 Å². The Labute approximate surface area is 72.3 Å². The molecule has 0 aromatic heterocycles. The molecule has 0 aliphatic carbocycles. The Morgan fingerprint density at radius 1 is 1.25 bits per heavy atom. The average molecular weight is 162 g/mol. The van der Waals surface area contributed by atoms with E-state index in [1.165, 1.54) is 5.98 Å². The molecule has 1 rings (SSSR count). The second-order valence-electron chi connectivity index (χ2n) is 2.63. The Hall–Kier alpha value is -1.06. The van der Waals surface area contributed by atoms with E-state index >= 15 is 0 Å². The van der Waals surface area contributed by atoms with Gasteiger partial charge in [-0.05, 0) is 18.1 Å². The van der Waals surface area contributed by atoms with Crippen LogP contribution < -0.4 is 0 Å². The van der Waals surface area contributed by atoms with Crippen molar-refractivity contribution >= 4 is 13.2 Å². The van der Waals surface area contributed by atoms with Crippen LogP contribution in [-0.4, -0.2) is 17.2 Å². The molecule has 0 unspecified atom stereocenters. The van der Waals surface area contributed by atoms with Gasteiger partial charge in [0.2, 0.25) is 0 Å². The van der Waals surface area contributed by atoms with E-state index in [4.69, 9.17) is 10.0 Å². The van der Waals surface area contributed by atoms with Crippen LogP contribution in [0.4, 0.5) is 0 Å². The molecule has 1 aromatic carbocycles. The summed E-state index contributed by atoms with van der Waals surface area (Å²) in [5.41, 5.74) is 2.13. The summed E-state index contributed by atoms with van der Waals surface area (Å²) in [4.78, 5) is 0. The van der Waals surface area contributed by atoms with Crippen LogP contribution in [0.3, 0.4) is 0 Å². The van der Waals surface area contributed by atoms with Crippen molar-refractivity contribution in [2.75, 3.05) is 0 Å². The fourth-order valence-corrected chi connectivity index (χ4v) is 0.964. The van der Waals surface area contributed by atoms with E-state index in [1.54, 1.807) is 6.08 Å². The molecule has 62 valence electrons. The molecule has 1 aromatic rings. The van der Waals surface area contributed by atoms with Crippen LogP contribution in [0.5, 0.6) is 0 Å². The topological polar surface area (TPSA) is 40.5 Å². The molecule has 0 aliphatic rings. The van der Waals surface area contributed by atoms with Gasteiger partial charge in [-0.3, -0.25) is 0 Å². The molecule has 3 heteroatoms. The van der Waals surface area contributed by atoms with Gasteiger partial charge >= 0.3 is 7.12 Å². The summed E-state index contributed by atoms with van der Waals surface area (Å²) in [6.07, 6.45) is 1.69. The molecule has 0 spiro atoms. The maximum Gasteiger partial charge on any atom is 0.480 e. The van der Waals surface area contributed by atoms with E-state index in [0.717, 1.165) is 11.1 Å². The van der Waals surface area contributed by atoms with Gasteiger partial charge in [0, 0.05) is 0 Å². The Morgan fingerprint density at radius 3 is 2.50 bits per heavy atom. The summed E-state index contributed by atoms with van der Waals surface area (Å²) in [5.74, 6) is 1.34. The molecule has 0 heterocycles. The molecular weight excluding hydrogens is 151 g/mol. The normalized spacial score (nSPS) is 10.6. The second-order valence-corrected chi connectivity index (χ2v) is 2.63.